The number of carbonyl (C=O) groups excluding carboxylic acids is 3. The van der Waals surface area contributed by atoms with Gasteiger partial charge in [0.15, 0.2) is 0 Å². The van der Waals surface area contributed by atoms with Crippen LogP contribution in [-0.4, -0.2) is 28.5 Å². The Labute approximate surface area is 222 Å². The first-order valence-corrected chi connectivity index (χ1v) is 12.7. The van der Waals surface area contributed by atoms with Gasteiger partial charge in [0.05, 0.1) is 15.6 Å². The molecule has 0 aromatic heterocycles. The molecule has 1 saturated heterocycles. The second kappa shape index (κ2) is 10.9. The second-order valence-corrected chi connectivity index (χ2v) is 9.70. The molecule has 184 valence electrons. The van der Waals surface area contributed by atoms with Gasteiger partial charge < -0.3 is 10.1 Å². The number of ether oxygens (including phenoxy) is 1. The molecule has 0 bridgehead atoms. The molecule has 4 aromatic carbocycles. The number of nitrogens with one attached hydrogen (secondary N) is 1. The molecule has 6 nitrogen and oxygen atoms in total. The lowest BCUT2D eigenvalue weighted by molar-refractivity contribution is -0.127. The molecule has 0 saturated carbocycles. The maximum absolute atomic E-state index is 13.0. The Morgan fingerprint density at radius 3 is 2.49 bits per heavy atom. The van der Waals surface area contributed by atoms with Gasteiger partial charge in [-0.1, -0.05) is 78.3 Å². The van der Waals surface area contributed by atoms with Crippen LogP contribution in [0.5, 0.6) is 5.75 Å². The highest BCUT2D eigenvalue weighted by molar-refractivity contribution is 8.18. The predicted molar refractivity (Wildman–Crippen MR) is 147 cm³/mol. The van der Waals surface area contributed by atoms with Gasteiger partial charge in [0.25, 0.3) is 11.1 Å². The molecule has 0 atom stereocenters. The number of anilines is 1. The van der Waals surface area contributed by atoms with Crippen LogP contribution >= 0.6 is 23.4 Å². The summed E-state index contributed by atoms with van der Waals surface area (Å²) < 4.78 is 6.07. The molecule has 8 heteroatoms. The summed E-state index contributed by atoms with van der Waals surface area (Å²) in [4.78, 5) is 39.1. The highest BCUT2D eigenvalue weighted by Gasteiger charge is 2.36. The summed E-state index contributed by atoms with van der Waals surface area (Å²) in [5, 5.41) is 4.77. The van der Waals surface area contributed by atoms with E-state index in [1.807, 2.05) is 42.5 Å². The Hall–Kier alpha value is -4.07. The first-order valence-electron chi connectivity index (χ1n) is 11.5. The number of fused-ring (bicyclic) bond motifs is 1. The maximum atomic E-state index is 13.0. The second-order valence-electron chi connectivity index (χ2n) is 8.30. The van der Waals surface area contributed by atoms with Crippen molar-refractivity contribution >= 4 is 63.0 Å². The fourth-order valence-electron chi connectivity index (χ4n) is 3.89. The zero-order valence-electron chi connectivity index (χ0n) is 19.5. The van der Waals surface area contributed by atoms with E-state index in [-0.39, 0.29) is 4.91 Å². The molecule has 5 rings (SSSR count). The maximum Gasteiger partial charge on any atom is 0.294 e. The minimum Gasteiger partial charge on any atom is -0.488 e. The zero-order chi connectivity index (χ0) is 25.8. The molecule has 0 spiro atoms. The number of halogens is 1. The van der Waals surface area contributed by atoms with E-state index < -0.39 is 23.6 Å². The fourth-order valence-corrected chi connectivity index (χ4v) is 4.91. The SMILES string of the molecule is O=C(CN1C(=O)S/C(=C/c2ccccc2OCc2ccc3ccccc3c2)C1=O)Nc1ccccc1Cl. The normalized spacial score (nSPS) is 14.4. The van der Waals surface area contributed by atoms with Crippen molar-refractivity contribution in [3.63, 3.8) is 0 Å². The Bertz CT molecular complexity index is 1550. The third kappa shape index (κ3) is 5.69. The van der Waals surface area contributed by atoms with E-state index in [1.54, 1.807) is 30.3 Å². The van der Waals surface area contributed by atoms with Crippen LogP contribution in [0.15, 0.2) is 95.9 Å². The van der Waals surface area contributed by atoms with Gasteiger partial charge in [-0.05, 0) is 58.4 Å². The van der Waals surface area contributed by atoms with Gasteiger partial charge in [-0.15, -0.1) is 0 Å². The number of nitrogens with zero attached hydrogens (tertiary/aromatic N) is 1. The third-order valence-corrected chi connectivity index (χ3v) is 6.97. The third-order valence-electron chi connectivity index (χ3n) is 5.74. The number of benzene rings is 4. The van der Waals surface area contributed by atoms with Crippen molar-refractivity contribution in [3.05, 3.63) is 112 Å². The van der Waals surface area contributed by atoms with Gasteiger partial charge in [-0.3, -0.25) is 19.3 Å². The average molecular weight is 529 g/mol. The van der Waals surface area contributed by atoms with Crippen molar-refractivity contribution in [2.75, 3.05) is 11.9 Å². The molecule has 4 aromatic rings. The number of imide groups is 1. The van der Waals surface area contributed by atoms with Crippen LogP contribution < -0.4 is 10.1 Å². The van der Waals surface area contributed by atoms with Crippen LogP contribution in [0, 0.1) is 0 Å². The number of hydrogen-bond donors (Lipinski definition) is 1. The summed E-state index contributed by atoms with van der Waals surface area (Å²) in [5.41, 5.74) is 2.09. The van der Waals surface area contributed by atoms with Crippen LogP contribution in [0.1, 0.15) is 11.1 Å². The quantitative estimate of drug-likeness (QED) is 0.269. The standard InChI is InChI=1S/C29H21ClN2O4S/c30-23-10-4-5-11-24(23)31-27(33)17-32-28(34)26(37-29(32)35)16-22-9-3-6-12-25(22)36-18-19-13-14-20-7-1-2-8-21(20)15-19/h1-16H,17-18H2,(H,31,33)/b26-16+. The van der Waals surface area contributed by atoms with Crippen LogP contribution in [0.3, 0.4) is 0 Å². The zero-order valence-corrected chi connectivity index (χ0v) is 21.1. The van der Waals surface area contributed by atoms with Crippen molar-refractivity contribution in [2.45, 2.75) is 6.61 Å². The molecule has 1 aliphatic rings. The summed E-state index contributed by atoms with van der Waals surface area (Å²) >= 11 is 6.86. The molecule has 37 heavy (non-hydrogen) atoms. The van der Waals surface area contributed by atoms with Crippen molar-refractivity contribution in [2.24, 2.45) is 0 Å². The lowest BCUT2D eigenvalue weighted by Gasteiger charge is -2.13. The minimum absolute atomic E-state index is 0.220. The van der Waals surface area contributed by atoms with E-state index in [9.17, 15) is 14.4 Å². The number of carbonyl (C=O) groups is 3. The highest BCUT2D eigenvalue weighted by Crippen LogP contribution is 2.34. The van der Waals surface area contributed by atoms with E-state index in [0.29, 0.717) is 28.6 Å². The van der Waals surface area contributed by atoms with Crippen LogP contribution in [0.4, 0.5) is 10.5 Å². The number of rotatable bonds is 7. The molecule has 3 amide bonds. The lowest BCUT2D eigenvalue weighted by Crippen LogP contribution is -2.36. The van der Waals surface area contributed by atoms with Gasteiger partial charge in [0.2, 0.25) is 5.91 Å². The molecular weight excluding hydrogens is 508 g/mol. The number of hydrogen-bond acceptors (Lipinski definition) is 5. The van der Waals surface area contributed by atoms with Gasteiger partial charge in [-0.2, -0.15) is 0 Å². The lowest BCUT2D eigenvalue weighted by atomic mass is 10.1. The van der Waals surface area contributed by atoms with E-state index in [1.165, 1.54) is 0 Å². The average Bonchev–Trinajstić information content (AvgIpc) is 3.16. The summed E-state index contributed by atoms with van der Waals surface area (Å²) in [5.74, 6) is -0.469. The largest absolute Gasteiger partial charge is 0.488 e. The van der Waals surface area contributed by atoms with Gasteiger partial charge in [0, 0.05) is 5.56 Å². The molecule has 0 aliphatic carbocycles. The van der Waals surface area contributed by atoms with Gasteiger partial charge in [-0.25, -0.2) is 0 Å². The summed E-state index contributed by atoms with van der Waals surface area (Å²) in [7, 11) is 0. The first-order chi connectivity index (χ1) is 18.0. The monoisotopic (exact) mass is 528 g/mol. The smallest absolute Gasteiger partial charge is 0.294 e. The van der Waals surface area contributed by atoms with Crippen molar-refractivity contribution in [1.29, 1.82) is 0 Å². The van der Waals surface area contributed by atoms with E-state index in [4.69, 9.17) is 16.3 Å². The first kappa shape index (κ1) is 24.6. The summed E-state index contributed by atoms with van der Waals surface area (Å²) in [6.07, 6.45) is 1.62. The summed E-state index contributed by atoms with van der Waals surface area (Å²) in [6, 6.07) is 28.3. The predicted octanol–water partition coefficient (Wildman–Crippen LogP) is 6.75. The van der Waals surface area contributed by atoms with Crippen LogP contribution in [-0.2, 0) is 16.2 Å². The van der Waals surface area contributed by atoms with Crippen LogP contribution in [0.2, 0.25) is 5.02 Å². The highest BCUT2D eigenvalue weighted by atomic mass is 35.5. The van der Waals surface area contributed by atoms with Crippen LogP contribution in [0.25, 0.3) is 16.8 Å². The topological polar surface area (TPSA) is 75.7 Å². The molecule has 0 unspecified atom stereocenters. The Morgan fingerprint density at radius 1 is 0.919 bits per heavy atom. The Kier molecular flexibility index (Phi) is 7.25. The van der Waals surface area contributed by atoms with E-state index in [2.05, 4.69) is 29.6 Å². The van der Waals surface area contributed by atoms with Gasteiger partial charge >= 0.3 is 0 Å². The van der Waals surface area contributed by atoms with Crippen molar-refractivity contribution in [3.8, 4) is 5.75 Å². The molecular formula is C29H21ClN2O4S. The van der Waals surface area contributed by atoms with Crippen molar-refractivity contribution in [1.82, 2.24) is 4.90 Å². The van der Waals surface area contributed by atoms with E-state index in [0.717, 1.165) is 33.0 Å². The molecule has 1 fully saturated rings. The van der Waals surface area contributed by atoms with Crippen molar-refractivity contribution < 1.29 is 19.1 Å². The number of thioether (sulfide) groups is 1. The van der Waals surface area contributed by atoms with E-state index >= 15 is 0 Å². The fraction of sp³-hybridized carbons (Fsp3) is 0.0690. The molecule has 1 N–H and O–H groups in total. The Morgan fingerprint density at radius 2 is 1.65 bits per heavy atom. The number of para-hydroxylation sites is 2. The summed E-state index contributed by atoms with van der Waals surface area (Å²) in [6.45, 7) is -0.0628. The molecule has 0 radical (unpaired) electrons. The molecule has 1 aliphatic heterocycles. The molecule has 1 heterocycles. The number of amides is 3. The minimum atomic E-state index is -0.534. The Balaban J connectivity index is 1.28. The van der Waals surface area contributed by atoms with Gasteiger partial charge in [0.1, 0.15) is 18.9 Å².